The maximum absolute atomic E-state index is 12.8. The van der Waals surface area contributed by atoms with Gasteiger partial charge in [0.15, 0.2) is 0 Å². The lowest BCUT2D eigenvalue weighted by atomic mass is 9.95. The summed E-state index contributed by atoms with van der Waals surface area (Å²) >= 11 is 1.77. The molecule has 1 aromatic carbocycles. The van der Waals surface area contributed by atoms with Crippen LogP contribution in [0.25, 0.3) is 10.1 Å². The third-order valence-corrected chi connectivity index (χ3v) is 6.84. The summed E-state index contributed by atoms with van der Waals surface area (Å²) in [6.45, 7) is 4.10. The Hall–Kier alpha value is -1.63. The van der Waals surface area contributed by atoms with Gasteiger partial charge in [-0.05, 0) is 37.5 Å². The van der Waals surface area contributed by atoms with Crippen molar-refractivity contribution in [1.29, 1.82) is 0 Å². The monoisotopic (exact) mass is 356 g/mol. The number of anilines is 1. The molecule has 1 amide bonds. The Kier molecular flexibility index (Phi) is 3.91. The van der Waals surface area contributed by atoms with Crippen LogP contribution in [0, 0.1) is 0 Å². The number of hydrogen-bond donors (Lipinski definition) is 3. The molecule has 25 heavy (non-hydrogen) atoms. The topological polar surface area (TPSA) is 56.4 Å². The van der Waals surface area contributed by atoms with Gasteiger partial charge in [-0.15, -0.1) is 11.3 Å². The minimum absolute atomic E-state index is 0.0683. The first-order chi connectivity index (χ1) is 12.3. The Labute approximate surface area is 151 Å². The zero-order valence-electron chi connectivity index (χ0n) is 14.3. The molecular weight excluding hydrogens is 332 g/mol. The van der Waals surface area contributed by atoms with Crippen molar-refractivity contribution in [3.05, 3.63) is 29.1 Å². The van der Waals surface area contributed by atoms with Crippen molar-refractivity contribution in [3.8, 4) is 0 Å². The lowest BCUT2D eigenvalue weighted by Gasteiger charge is -2.29. The van der Waals surface area contributed by atoms with Crippen molar-refractivity contribution in [3.63, 3.8) is 0 Å². The first-order valence-electron chi connectivity index (χ1n) is 9.32. The number of nitrogens with zero attached hydrogens (tertiary/aromatic N) is 1. The molecule has 3 fully saturated rings. The normalized spacial score (nSPS) is 28.6. The molecule has 3 aliphatic heterocycles. The van der Waals surface area contributed by atoms with Gasteiger partial charge in [-0.2, -0.15) is 0 Å². The third-order valence-electron chi connectivity index (χ3n) is 5.89. The Morgan fingerprint density at radius 1 is 1.24 bits per heavy atom. The largest absolute Gasteiger partial charge is 0.368 e. The van der Waals surface area contributed by atoms with Crippen molar-refractivity contribution in [2.45, 2.75) is 37.4 Å². The highest BCUT2D eigenvalue weighted by atomic mass is 32.1. The van der Waals surface area contributed by atoms with E-state index in [0.29, 0.717) is 12.1 Å². The Morgan fingerprint density at radius 3 is 2.88 bits per heavy atom. The molecule has 5 rings (SSSR count). The minimum Gasteiger partial charge on any atom is -0.368 e. The van der Waals surface area contributed by atoms with Crippen molar-refractivity contribution < 1.29 is 4.79 Å². The second-order valence-corrected chi connectivity index (χ2v) is 8.34. The van der Waals surface area contributed by atoms with Crippen LogP contribution in [0.15, 0.2) is 23.6 Å². The van der Waals surface area contributed by atoms with Crippen LogP contribution in [0.5, 0.6) is 0 Å². The molecule has 3 N–H and O–H groups in total. The average Bonchev–Trinajstić information content (AvgIpc) is 3.37. The molecular formula is C19H24N4OS. The van der Waals surface area contributed by atoms with Crippen LogP contribution in [-0.2, 0) is 0 Å². The van der Waals surface area contributed by atoms with E-state index in [1.54, 1.807) is 11.3 Å². The van der Waals surface area contributed by atoms with Gasteiger partial charge in [0.25, 0.3) is 5.91 Å². The maximum atomic E-state index is 12.8. The number of hydrogen-bond acceptors (Lipinski definition) is 5. The molecule has 0 aliphatic carbocycles. The summed E-state index contributed by atoms with van der Waals surface area (Å²) in [7, 11) is 0. The highest BCUT2D eigenvalue weighted by molar-refractivity contribution is 7.17. The first kappa shape index (κ1) is 15.6. The van der Waals surface area contributed by atoms with Gasteiger partial charge < -0.3 is 20.9 Å². The van der Waals surface area contributed by atoms with Crippen molar-refractivity contribution >= 4 is 33.0 Å². The van der Waals surface area contributed by atoms with Crippen LogP contribution in [0.3, 0.4) is 0 Å². The predicted molar refractivity (Wildman–Crippen MR) is 103 cm³/mol. The van der Waals surface area contributed by atoms with Crippen LogP contribution in [-0.4, -0.2) is 50.2 Å². The number of thiophene rings is 1. The average molecular weight is 356 g/mol. The molecule has 132 valence electrons. The maximum Gasteiger partial charge on any atom is 0.251 e. The van der Waals surface area contributed by atoms with Gasteiger partial charge >= 0.3 is 0 Å². The van der Waals surface area contributed by atoms with Crippen molar-refractivity contribution in [1.82, 2.24) is 16.0 Å². The van der Waals surface area contributed by atoms with E-state index in [4.69, 9.17) is 0 Å². The van der Waals surface area contributed by atoms with E-state index >= 15 is 0 Å². The highest BCUT2D eigenvalue weighted by Gasteiger charge is 2.39. The molecule has 1 aromatic heterocycles. The molecule has 3 saturated heterocycles. The summed E-state index contributed by atoms with van der Waals surface area (Å²) in [6.07, 6.45) is 3.52. The summed E-state index contributed by atoms with van der Waals surface area (Å²) in [5.74, 6) is 0.0683. The van der Waals surface area contributed by atoms with Crippen molar-refractivity contribution in [2.24, 2.45) is 0 Å². The van der Waals surface area contributed by atoms with E-state index in [1.807, 2.05) is 6.07 Å². The van der Waals surface area contributed by atoms with E-state index in [9.17, 15) is 4.79 Å². The molecule has 2 aromatic rings. The van der Waals surface area contributed by atoms with Crippen LogP contribution < -0.4 is 20.9 Å². The van der Waals surface area contributed by atoms with E-state index in [-0.39, 0.29) is 11.9 Å². The fraction of sp³-hybridized carbons (Fsp3) is 0.526. The van der Waals surface area contributed by atoms with Crippen LogP contribution in [0.2, 0.25) is 0 Å². The molecule has 3 aliphatic rings. The van der Waals surface area contributed by atoms with Gasteiger partial charge in [-0.3, -0.25) is 4.79 Å². The quantitative estimate of drug-likeness (QED) is 0.787. The Morgan fingerprint density at radius 2 is 2.12 bits per heavy atom. The zero-order valence-corrected chi connectivity index (χ0v) is 15.1. The van der Waals surface area contributed by atoms with Gasteiger partial charge in [0.1, 0.15) is 0 Å². The number of rotatable bonds is 3. The summed E-state index contributed by atoms with van der Waals surface area (Å²) in [5, 5.41) is 13.7. The zero-order chi connectivity index (χ0) is 16.8. The fourth-order valence-electron chi connectivity index (χ4n) is 4.54. The number of amides is 1. The predicted octanol–water partition coefficient (Wildman–Crippen LogP) is 1.93. The number of piperazine rings is 1. The van der Waals surface area contributed by atoms with Crippen LogP contribution >= 0.6 is 11.3 Å². The smallest absolute Gasteiger partial charge is 0.251 e. The van der Waals surface area contributed by atoms with Gasteiger partial charge in [-0.1, -0.05) is 0 Å². The van der Waals surface area contributed by atoms with E-state index in [0.717, 1.165) is 38.2 Å². The van der Waals surface area contributed by atoms with E-state index in [2.05, 4.69) is 38.4 Å². The molecule has 3 atom stereocenters. The number of fused-ring (bicyclic) bond motifs is 3. The lowest BCUT2D eigenvalue weighted by Crippen LogP contribution is -2.43. The SMILES string of the molecule is O=C(N[C@@H]1C[C@H]2CC[C@@H]1N2)c1ccc2scc(N3CCNCC3)c2c1. The van der Waals surface area contributed by atoms with Gasteiger partial charge in [0.2, 0.25) is 0 Å². The number of benzene rings is 1. The molecule has 0 unspecified atom stereocenters. The molecule has 2 bridgehead atoms. The molecule has 0 radical (unpaired) electrons. The second kappa shape index (κ2) is 6.27. The van der Waals surface area contributed by atoms with Gasteiger partial charge in [0, 0.05) is 65.3 Å². The van der Waals surface area contributed by atoms with Crippen LogP contribution in [0.4, 0.5) is 5.69 Å². The van der Waals surface area contributed by atoms with Gasteiger partial charge in [-0.25, -0.2) is 0 Å². The molecule has 0 spiro atoms. The second-order valence-electron chi connectivity index (χ2n) is 7.43. The fourth-order valence-corrected chi connectivity index (χ4v) is 5.49. The molecule has 6 heteroatoms. The van der Waals surface area contributed by atoms with Crippen molar-refractivity contribution in [2.75, 3.05) is 31.1 Å². The molecule has 4 heterocycles. The number of carbonyl (C=O) groups is 1. The summed E-state index contributed by atoms with van der Waals surface area (Å²) in [4.78, 5) is 15.2. The van der Waals surface area contributed by atoms with E-state index < -0.39 is 0 Å². The molecule has 5 nitrogen and oxygen atoms in total. The number of nitrogens with one attached hydrogen (secondary N) is 3. The standard InChI is InChI=1S/C19H24N4OS/c24-19(22-16-10-13-2-3-15(16)21-13)12-1-4-18-14(9-12)17(11-25-18)23-7-5-20-6-8-23/h1,4,9,11,13,15-16,20-21H,2-3,5-8,10H2,(H,22,24)/t13-,15+,16-/m1/s1. The number of carbonyl (C=O) groups excluding carboxylic acids is 1. The minimum atomic E-state index is 0.0683. The third kappa shape index (κ3) is 2.82. The highest BCUT2D eigenvalue weighted by Crippen LogP contribution is 2.34. The Balaban J connectivity index is 1.38. The summed E-state index contributed by atoms with van der Waals surface area (Å²) in [6, 6.07) is 7.51. The lowest BCUT2D eigenvalue weighted by molar-refractivity contribution is 0.0931. The summed E-state index contributed by atoms with van der Waals surface area (Å²) in [5.41, 5.74) is 2.06. The first-order valence-corrected chi connectivity index (χ1v) is 10.2. The van der Waals surface area contributed by atoms with Crippen LogP contribution in [0.1, 0.15) is 29.6 Å². The van der Waals surface area contributed by atoms with E-state index in [1.165, 1.54) is 28.6 Å². The molecule has 0 saturated carbocycles. The summed E-state index contributed by atoms with van der Waals surface area (Å²) < 4.78 is 1.26. The van der Waals surface area contributed by atoms with Gasteiger partial charge in [0.05, 0.1) is 5.69 Å². The Bertz CT molecular complexity index is 798.